The molecule has 1 unspecified atom stereocenters. The molecule has 0 radical (unpaired) electrons. The molecular formula is C9H12N2O. The normalized spacial score (nSPS) is 12.2. The largest absolute Gasteiger partial charge is 0.384 e. The van der Waals surface area contributed by atoms with Crippen LogP contribution in [0.15, 0.2) is 30.4 Å². The van der Waals surface area contributed by atoms with Crippen molar-refractivity contribution in [2.75, 3.05) is 0 Å². The first-order valence-corrected chi connectivity index (χ1v) is 3.78. The zero-order valence-electron chi connectivity index (χ0n) is 7.23. The van der Waals surface area contributed by atoms with Gasteiger partial charge in [-0.1, -0.05) is 11.6 Å². The van der Waals surface area contributed by atoms with Crippen LogP contribution < -0.4 is 0 Å². The summed E-state index contributed by atoms with van der Waals surface area (Å²) >= 11 is 0. The van der Waals surface area contributed by atoms with Crippen molar-refractivity contribution in [3.05, 3.63) is 35.9 Å². The minimum absolute atomic E-state index is 0.587. The van der Waals surface area contributed by atoms with Crippen LogP contribution in [0.4, 0.5) is 0 Å². The van der Waals surface area contributed by atoms with Gasteiger partial charge in [-0.05, 0) is 13.8 Å². The molecule has 3 nitrogen and oxygen atoms in total. The van der Waals surface area contributed by atoms with Gasteiger partial charge in [0.1, 0.15) is 12.4 Å². The van der Waals surface area contributed by atoms with E-state index >= 15 is 0 Å². The number of allylic oxidation sites excluding steroid dienone is 1. The molecule has 1 aromatic heterocycles. The zero-order chi connectivity index (χ0) is 8.97. The SMILES string of the molecule is CC(C)=CC(O)c1cncnc1. The summed E-state index contributed by atoms with van der Waals surface area (Å²) in [5, 5.41) is 9.53. The Balaban J connectivity index is 2.79. The molecule has 0 aliphatic carbocycles. The maximum Gasteiger partial charge on any atom is 0.115 e. The van der Waals surface area contributed by atoms with Crippen LogP contribution in [0.2, 0.25) is 0 Å². The number of aliphatic hydroxyl groups excluding tert-OH is 1. The highest BCUT2D eigenvalue weighted by Crippen LogP contribution is 2.12. The Kier molecular flexibility index (Phi) is 2.94. The molecule has 64 valence electrons. The summed E-state index contributed by atoms with van der Waals surface area (Å²) < 4.78 is 0. The molecule has 0 amide bonds. The van der Waals surface area contributed by atoms with Crippen molar-refractivity contribution in [3.8, 4) is 0 Å². The molecule has 12 heavy (non-hydrogen) atoms. The van der Waals surface area contributed by atoms with Crippen molar-refractivity contribution < 1.29 is 5.11 Å². The second-order valence-electron chi connectivity index (χ2n) is 2.86. The summed E-state index contributed by atoms with van der Waals surface area (Å²) in [5.41, 5.74) is 1.80. The summed E-state index contributed by atoms with van der Waals surface area (Å²) in [5.74, 6) is 0. The molecule has 0 saturated carbocycles. The molecule has 1 rings (SSSR count). The molecule has 1 N–H and O–H groups in total. The van der Waals surface area contributed by atoms with E-state index in [1.807, 2.05) is 13.8 Å². The topological polar surface area (TPSA) is 46.0 Å². The predicted molar refractivity (Wildman–Crippen MR) is 46.4 cm³/mol. The monoisotopic (exact) mass is 164 g/mol. The van der Waals surface area contributed by atoms with Crippen LogP contribution in [0.5, 0.6) is 0 Å². The molecule has 0 saturated heterocycles. The highest BCUT2D eigenvalue weighted by Gasteiger charge is 2.02. The van der Waals surface area contributed by atoms with Gasteiger partial charge < -0.3 is 5.11 Å². The summed E-state index contributed by atoms with van der Waals surface area (Å²) in [6.07, 6.45) is 5.84. The van der Waals surface area contributed by atoms with Crippen molar-refractivity contribution in [3.63, 3.8) is 0 Å². The van der Waals surface area contributed by atoms with Crippen LogP contribution in [0.25, 0.3) is 0 Å². The quantitative estimate of drug-likeness (QED) is 0.673. The Hall–Kier alpha value is -1.22. The van der Waals surface area contributed by atoms with Crippen LogP contribution in [0, 0.1) is 0 Å². The summed E-state index contributed by atoms with van der Waals surface area (Å²) in [7, 11) is 0. The first-order chi connectivity index (χ1) is 5.70. The Labute approximate surface area is 71.8 Å². The van der Waals surface area contributed by atoms with Crippen molar-refractivity contribution in [2.24, 2.45) is 0 Å². The third-order valence-electron chi connectivity index (χ3n) is 1.41. The summed E-state index contributed by atoms with van der Waals surface area (Å²) in [6, 6.07) is 0. The second kappa shape index (κ2) is 3.97. The molecular weight excluding hydrogens is 152 g/mol. The lowest BCUT2D eigenvalue weighted by atomic mass is 10.1. The fourth-order valence-corrected chi connectivity index (χ4v) is 0.875. The molecule has 1 heterocycles. The summed E-state index contributed by atoms with van der Waals surface area (Å²) in [4.78, 5) is 7.63. The molecule has 0 aliphatic rings. The average Bonchev–Trinajstić information content (AvgIpc) is 2.05. The molecule has 0 bridgehead atoms. The van der Waals surface area contributed by atoms with Crippen molar-refractivity contribution in [1.82, 2.24) is 9.97 Å². The number of hydrogen-bond donors (Lipinski definition) is 1. The van der Waals surface area contributed by atoms with Gasteiger partial charge in [0.2, 0.25) is 0 Å². The van der Waals surface area contributed by atoms with Gasteiger partial charge in [0, 0.05) is 18.0 Å². The second-order valence-corrected chi connectivity index (χ2v) is 2.86. The lowest BCUT2D eigenvalue weighted by Crippen LogP contribution is -1.95. The van der Waals surface area contributed by atoms with E-state index in [4.69, 9.17) is 0 Å². The smallest absolute Gasteiger partial charge is 0.115 e. The standard InChI is InChI=1S/C9H12N2O/c1-7(2)3-9(12)8-4-10-6-11-5-8/h3-6,9,12H,1-2H3. The maximum absolute atomic E-state index is 9.53. The van der Waals surface area contributed by atoms with Gasteiger partial charge in [0.15, 0.2) is 0 Å². The number of rotatable bonds is 2. The molecule has 1 atom stereocenters. The number of nitrogens with zero attached hydrogens (tertiary/aromatic N) is 2. The van der Waals surface area contributed by atoms with Gasteiger partial charge in [-0.3, -0.25) is 0 Å². The highest BCUT2D eigenvalue weighted by molar-refractivity contribution is 5.14. The van der Waals surface area contributed by atoms with E-state index in [0.29, 0.717) is 0 Å². The van der Waals surface area contributed by atoms with E-state index in [1.54, 1.807) is 18.5 Å². The summed E-state index contributed by atoms with van der Waals surface area (Å²) in [6.45, 7) is 3.88. The Morgan fingerprint density at radius 2 is 2.00 bits per heavy atom. The fourth-order valence-electron chi connectivity index (χ4n) is 0.875. The van der Waals surface area contributed by atoms with Gasteiger partial charge >= 0.3 is 0 Å². The number of aromatic nitrogens is 2. The van der Waals surface area contributed by atoms with E-state index in [9.17, 15) is 5.11 Å². The minimum Gasteiger partial charge on any atom is -0.384 e. The van der Waals surface area contributed by atoms with Crippen LogP contribution in [0.1, 0.15) is 25.5 Å². The van der Waals surface area contributed by atoms with Crippen LogP contribution >= 0.6 is 0 Å². The van der Waals surface area contributed by atoms with Crippen molar-refractivity contribution in [1.29, 1.82) is 0 Å². The van der Waals surface area contributed by atoms with Gasteiger partial charge in [-0.15, -0.1) is 0 Å². The van der Waals surface area contributed by atoms with Crippen LogP contribution in [-0.4, -0.2) is 15.1 Å². The van der Waals surface area contributed by atoms with E-state index in [0.717, 1.165) is 11.1 Å². The van der Waals surface area contributed by atoms with Gasteiger partial charge in [0.05, 0.1) is 0 Å². The van der Waals surface area contributed by atoms with E-state index < -0.39 is 6.10 Å². The highest BCUT2D eigenvalue weighted by atomic mass is 16.3. The first kappa shape index (κ1) is 8.87. The lowest BCUT2D eigenvalue weighted by molar-refractivity contribution is 0.227. The molecule has 0 fully saturated rings. The maximum atomic E-state index is 9.53. The first-order valence-electron chi connectivity index (χ1n) is 3.78. The number of hydrogen-bond acceptors (Lipinski definition) is 3. The van der Waals surface area contributed by atoms with Crippen LogP contribution in [-0.2, 0) is 0 Å². The van der Waals surface area contributed by atoms with Crippen molar-refractivity contribution in [2.45, 2.75) is 20.0 Å². The third-order valence-corrected chi connectivity index (χ3v) is 1.41. The van der Waals surface area contributed by atoms with E-state index in [-0.39, 0.29) is 0 Å². The van der Waals surface area contributed by atoms with Gasteiger partial charge in [0.25, 0.3) is 0 Å². The van der Waals surface area contributed by atoms with Gasteiger partial charge in [-0.25, -0.2) is 9.97 Å². The van der Waals surface area contributed by atoms with Crippen LogP contribution in [0.3, 0.4) is 0 Å². The Morgan fingerprint density at radius 1 is 1.42 bits per heavy atom. The Bertz CT molecular complexity index is 265. The average molecular weight is 164 g/mol. The lowest BCUT2D eigenvalue weighted by Gasteiger charge is -2.04. The fraction of sp³-hybridized carbons (Fsp3) is 0.333. The third kappa shape index (κ3) is 2.43. The molecule has 0 aromatic carbocycles. The van der Waals surface area contributed by atoms with E-state index in [1.165, 1.54) is 6.33 Å². The predicted octanol–water partition coefficient (Wildman–Crippen LogP) is 1.48. The minimum atomic E-state index is -0.587. The molecule has 1 aromatic rings. The molecule has 3 heteroatoms. The van der Waals surface area contributed by atoms with E-state index in [2.05, 4.69) is 9.97 Å². The zero-order valence-corrected chi connectivity index (χ0v) is 7.23. The number of aliphatic hydroxyl groups is 1. The molecule has 0 spiro atoms. The molecule has 0 aliphatic heterocycles. The van der Waals surface area contributed by atoms with Crippen molar-refractivity contribution >= 4 is 0 Å². The Morgan fingerprint density at radius 3 is 2.50 bits per heavy atom. The van der Waals surface area contributed by atoms with Gasteiger partial charge in [-0.2, -0.15) is 0 Å².